The van der Waals surface area contributed by atoms with Gasteiger partial charge in [0.2, 0.25) is 0 Å². The molecule has 0 atom stereocenters. The molecule has 0 aliphatic carbocycles. The standard InChI is InChI=1S/C15H10ClNOS2/c16-11-7-5-10(6-8-11)9-14(19)17-15(18)12-3-1-2-4-13(12)20-17/h1-8H,9H2. The first-order valence-corrected chi connectivity index (χ1v) is 7.60. The average molecular weight is 320 g/mol. The van der Waals surface area contributed by atoms with E-state index < -0.39 is 0 Å². The highest BCUT2D eigenvalue weighted by Crippen LogP contribution is 2.17. The maximum atomic E-state index is 12.3. The molecule has 0 spiro atoms. The zero-order valence-corrected chi connectivity index (χ0v) is 12.8. The second kappa shape index (κ2) is 5.48. The number of halogens is 1. The van der Waals surface area contributed by atoms with Gasteiger partial charge < -0.3 is 0 Å². The molecule has 0 aliphatic heterocycles. The van der Waals surface area contributed by atoms with Crippen LogP contribution in [0.1, 0.15) is 5.56 Å². The van der Waals surface area contributed by atoms with Gasteiger partial charge in [0, 0.05) is 11.4 Å². The van der Waals surface area contributed by atoms with Crippen molar-refractivity contribution in [2.45, 2.75) is 6.42 Å². The van der Waals surface area contributed by atoms with Gasteiger partial charge >= 0.3 is 0 Å². The van der Waals surface area contributed by atoms with Crippen LogP contribution in [0, 0.1) is 0 Å². The molecule has 0 unspecified atom stereocenters. The molecular weight excluding hydrogens is 310 g/mol. The highest BCUT2D eigenvalue weighted by atomic mass is 35.5. The van der Waals surface area contributed by atoms with Crippen LogP contribution in [0.5, 0.6) is 0 Å². The Labute approximate surface area is 130 Å². The minimum absolute atomic E-state index is 0.0374. The SMILES string of the molecule is O=c1c2ccccc2sn1C(=S)Cc1ccc(Cl)cc1. The molecule has 0 amide bonds. The number of aromatic nitrogens is 1. The molecule has 3 aromatic rings. The number of hydrogen-bond donors (Lipinski definition) is 0. The molecule has 1 heterocycles. The number of fused-ring (bicyclic) bond motifs is 1. The first-order chi connectivity index (χ1) is 9.65. The first-order valence-electron chi connectivity index (χ1n) is 6.04. The van der Waals surface area contributed by atoms with Crippen LogP contribution in [-0.4, -0.2) is 8.95 Å². The van der Waals surface area contributed by atoms with Gasteiger partial charge in [-0.1, -0.05) is 59.6 Å². The van der Waals surface area contributed by atoms with E-state index in [1.54, 1.807) is 3.96 Å². The zero-order chi connectivity index (χ0) is 14.1. The minimum Gasteiger partial charge on any atom is -0.267 e. The maximum Gasteiger partial charge on any atom is 0.273 e. The summed E-state index contributed by atoms with van der Waals surface area (Å²) in [5.74, 6) is 0. The van der Waals surface area contributed by atoms with E-state index in [4.69, 9.17) is 23.8 Å². The summed E-state index contributed by atoms with van der Waals surface area (Å²) in [6.07, 6.45) is 0.555. The van der Waals surface area contributed by atoms with Crippen molar-refractivity contribution in [3.63, 3.8) is 0 Å². The quantitative estimate of drug-likeness (QED) is 0.662. The summed E-state index contributed by atoms with van der Waals surface area (Å²) in [5, 5.41) is 1.41. The van der Waals surface area contributed by atoms with Crippen LogP contribution in [-0.2, 0) is 6.42 Å². The lowest BCUT2D eigenvalue weighted by Gasteiger charge is -2.03. The van der Waals surface area contributed by atoms with Gasteiger partial charge in [-0.15, -0.1) is 0 Å². The molecule has 5 heteroatoms. The number of nitrogens with zero attached hydrogens (tertiary/aromatic N) is 1. The van der Waals surface area contributed by atoms with E-state index >= 15 is 0 Å². The third-order valence-corrected chi connectivity index (χ3v) is 4.80. The molecule has 2 aromatic carbocycles. The van der Waals surface area contributed by atoms with E-state index in [0.29, 0.717) is 16.4 Å². The predicted octanol–water partition coefficient (Wildman–Crippen LogP) is 4.13. The largest absolute Gasteiger partial charge is 0.273 e. The summed E-state index contributed by atoms with van der Waals surface area (Å²) in [4.78, 5) is 12.9. The van der Waals surface area contributed by atoms with Crippen molar-refractivity contribution in [1.82, 2.24) is 3.96 Å². The summed E-state index contributed by atoms with van der Waals surface area (Å²) in [6.45, 7) is 0. The summed E-state index contributed by atoms with van der Waals surface area (Å²) in [5.41, 5.74) is 1.01. The fraction of sp³-hybridized carbons (Fsp3) is 0.0667. The second-order valence-corrected chi connectivity index (χ2v) is 6.28. The van der Waals surface area contributed by atoms with Gasteiger partial charge in [-0.2, -0.15) is 0 Å². The second-order valence-electron chi connectivity index (χ2n) is 4.38. The van der Waals surface area contributed by atoms with Crippen LogP contribution in [0.15, 0.2) is 53.3 Å². The van der Waals surface area contributed by atoms with Gasteiger partial charge in [0.1, 0.15) is 4.99 Å². The van der Waals surface area contributed by atoms with Gasteiger partial charge in [0.05, 0.1) is 10.1 Å². The molecule has 1 aromatic heterocycles. The van der Waals surface area contributed by atoms with Crippen LogP contribution < -0.4 is 5.56 Å². The summed E-state index contributed by atoms with van der Waals surface area (Å²) in [7, 11) is 0. The molecule has 0 saturated heterocycles. The molecule has 3 rings (SSSR count). The van der Waals surface area contributed by atoms with Gasteiger partial charge in [-0.05, 0) is 29.8 Å². The highest BCUT2D eigenvalue weighted by molar-refractivity contribution is 7.80. The molecule has 0 fully saturated rings. The van der Waals surface area contributed by atoms with E-state index in [2.05, 4.69) is 0 Å². The number of rotatable bonds is 2. The number of thiocarbonyl (C=S) groups is 1. The third kappa shape index (κ3) is 2.54. The number of hydrogen-bond acceptors (Lipinski definition) is 3. The number of benzene rings is 2. The monoisotopic (exact) mass is 319 g/mol. The Kier molecular flexibility index (Phi) is 3.70. The van der Waals surface area contributed by atoms with Crippen LogP contribution >= 0.6 is 35.4 Å². The summed E-state index contributed by atoms with van der Waals surface area (Å²) in [6, 6.07) is 15.0. The molecule has 20 heavy (non-hydrogen) atoms. The first kappa shape index (κ1) is 13.5. The van der Waals surface area contributed by atoms with Gasteiger partial charge in [-0.3, -0.25) is 4.79 Å². The fourth-order valence-electron chi connectivity index (χ4n) is 1.98. The Hall–Kier alpha value is -1.49. The van der Waals surface area contributed by atoms with Crippen molar-refractivity contribution in [2.75, 3.05) is 0 Å². The van der Waals surface area contributed by atoms with Crippen LogP contribution in [0.3, 0.4) is 0 Å². The molecule has 100 valence electrons. The lowest BCUT2D eigenvalue weighted by Crippen LogP contribution is -2.21. The molecular formula is C15H10ClNOS2. The van der Waals surface area contributed by atoms with Gasteiger partial charge in [0.25, 0.3) is 5.56 Å². The van der Waals surface area contributed by atoms with Gasteiger partial charge in [-0.25, -0.2) is 3.96 Å². The minimum atomic E-state index is -0.0374. The van der Waals surface area contributed by atoms with Gasteiger partial charge in [0.15, 0.2) is 0 Å². The Balaban J connectivity index is 1.94. The van der Waals surface area contributed by atoms with E-state index in [-0.39, 0.29) is 5.56 Å². The van der Waals surface area contributed by atoms with Crippen molar-refractivity contribution < 1.29 is 0 Å². The normalized spacial score (nSPS) is 10.8. The van der Waals surface area contributed by atoms with E-state index in [9.17, 15) is 4.79 Å². The van der Waals surface area contributed by atoms with Crippen molar-refractivity contribution >= 4 is 50.4 Å². The third-order valence-electron chi connectivity index (χ3n) is 2.99. The van der Waals surface area contributed by atoms with Crippen molar-refractivity contribution in [3.05, 3.63) is 69.5 Å². The zero-order valence-electron chi connectivity index (χ0n) is 10.4. The molecule has 0 bridgehead atoms. The van der Waals surface area contributed by atoms with Crippen LogP contribution in [0.25, 0.3) is 10.1 Å². The lowest BCUT2D eigenvalue weighted by molar-refractivity contribution is 1.18. The average Bonchev–Trinajstić information content (AvgIpc) is 2.79. The highest BCUT2D eigenvalue weighted by Gasteiger charge is 2.11. The van der Waals surface area contributed by atoms with Crippen molar-refractivity contribution in [2.24, 2.45) is 0 Å². The Morgan fingerprint density at radius 3 is 2.55 bits per heavy atom. The Morgan fingerprint density at radius 2 is 1.85 bits per heavy atom. The maximum absolute atomic E-state index is 12.3. The van der Waals surface area contributed by atoms with Crippen molar-refractivity contribution in [1.29, 1.82) is 0 Å². The lowest BCUT2D eigenvalue weighted by atomic mass is 10.1. The topological polar surface area (TPSA) is 22.0 Å². The van der Waals surface area contributed by atoms with E-state index in [0.717, 1.165) is 15.6 Å². The predicted molar refractivity (Wildman–Crippen MR) is 89.2 cm³/mol. The summed E-state index contributed by atoms with van der Waals surface area (Å²) >= 11 is 12.7. The molecule has 0 N–H and O–H groups in total. The Bertz CT molecular complexity index is 833. The smallest absolute Gasteiger partial charge is 0.267 e. The Morgan fingerprint density at radius 1 is 1.15 bits per heavy atom. The molecule has 0 radical (unpaired) electrons. The summed E-state index contributed by atoms with van der Waals surface area (Å²) < 4.78 is 2.55. The molecule has 0 aliphatic rings. The molecule has 2 nitrogen and oxygen atoms in total. The van der Waals surface area contributed by atoms with Crippen LogP contribution in [0.2, 0.25) is 5.02 Å². The van der Waals surface area contributed by atoms with Crippen molar-refractivity contribution in [3.8, 4) is 0 Å². The fourth-order valence-corrected chi connectivity index (χ4v) is 3.41. The van der Waals surface area contributed by atoms with E-state index in [1.165, 1.54) is 11.5 Å². The molecule has 0 saturated carbocycles. The van der Waals surface area contributed by atoms with Crippen LogP contribution in [0.4, 0.5) is 0 Å². The van der Waals surface area contributed by atoms with E-state index in [1.807, 2.05) is 48.5 Å².